The van der Waals surface area contributed by atoms with Gasteiger partial charge in [-0.1, -0.05) is 36.4 Å². The summed E-state index contributed by atoms with van der Waals surface area (Å²) in [5.41, 5.74) is 1.67. The standard InChI is InChI=1S/C18H21NO3/c1-14(12-21-2)19-18(20)16-9-6-10-17(11-16)22-13-15-7-4-3-5-8-15/h3-11,14H,12-13H2,1-2H3,(H,19,20). The van der Waals surface area contributed by atoms with E-state index >= 15 is 0 Å². The highest BCUT2D eigenvalue weighted by molar-refractivity contribution is 5.94. The zero-order valence-corrected chi connectivity index (χ0v) is 12.9. The van der Waals surface area contributed by atoms with Gasteiger partial charge in [-0.3, -0.25) is 4.79 Å². The topological polar surface area (TPSA) is 47.6 Å². The number of amides is 1. The van der Waals surface area contributed by atoms with Gasteiger partial charge in [0.05, 0.1) is 6.61 Å². The summed E-state index contributed by atoms with van der Waals surface area (Å²) in [7, 11) is 1.61. The summed E-state index contributed by atoms with van der Waals surface area (Å²) in [5, 5.41) is 2.88. The van der Waals surface area contributed by atoms with Gasteiger partial charge in [-0.25, -0.2) is 0 Å². The van der Waals surface area contributed by atoms with E-state index in [-0.39, 0.29) is 11.9 Å². The molecule has 0 aromatic heterocycles. The summed E-state index contributed by atoms with van der Waals surface area (Å²) in [5.74, 6) is 0.547. The summed E-state index contributed by atoms with van der Waals surface area (Å²) in [6, 6.07) is 17.1. The Bertz CT molecular complexity index is 598. The van der Waals surface area contributed by atoms with Gasteiger partial charge in [-0.2, -0.15) is 0 Å². The van der Waals surface area contributed by atoms with Crippen molar-refractivity contribution in [2.24, 2.45) is 0 Å². The third-order valence-corrected chi connectivity index (χ3v) is 3.14. The van der Waals surface area contributed by atoms with E-state index in [1.165, 1.54) is 0 Å². The van der Waals surface area contributed by atoms with Crippen LogP contribution in [0.4, 0.5) is 0 Å². The van der Waals surface area contributed by atoms with Crippen molar-refractivity contribution in [3.63, 3.8) is 0 Å². The highest BCUT2D eigenvalue weighted by Gasteiger charge is 2.10. The Labute approximate surface area is 131 Å². The lowest BCUT2D eigenvalue weighted by atomic mass is 10.2. The zero-order chi connectivity index (χ0) is 15.8. The summed E-state index contributed by atoms with van der Waals surface area (Å²) >= 11 is 0. The van der Waals surface area contributed by atoms with Crippen LogP contribution < -0.4 is 10.1 Å². The molecule has 1 amide bonds. The van der Waals surface area contributed by atoms with Gasteiger partial charge in [-0.05, 0) is 30.7 Å². The minimum absolute atomic E-state index is 0.0357. The maximum atomic E-state index is 12.1. The van der Waals surface area contributed by atoms with Crippen LogP contribution in [-0.4, -0.2) is 25.7 Å². The third-order valence-electron chi connectivity index (χ3n) is 3.14. The van der Waals surface area contributed by atoms with Crippen molar-refractivity contribution >= 4 is 5.91 Å². The molecular formula is C18H21NO3. The van der Waals surface area contributed by atoms with E-state index in [0.717, 1.165) is 5.56 Å². The molecular weight excluding hydrogens is 278 g/mol. The fourth-order valence-electron chi connectivity index (χ4n) is 2.07. The number of benzene rings is 2. The first-order valence-corrected chi connectivity index (χ1v) is 7.25. The predicted octanol–water partition coefficient (Wildman–Crippen LogP) is 3.03. The summed E-state index contributed by atoms with van der Waals surface area (Å²) in [6.45, 7) is 2.86. The van der Waals surface area contributed by atoms with Crippen molar-refractivity contribution in [3.8, 4) is 5.75 Å². The molecule has 0 heterocycles. The van der Waals surface area contributed by atoms with Gasteiger partial charge in [0, 0.05) is 18.7 Å². The number of ether oxygens (including phenoxy) is 2. The molecule has 1 unspecified atom stereocenters. The Kier molecular flexibility index (Phi) is 5.98. The van der Waals surface area contributed by atoms with Crippen molar-refractivity contribution in [1.29, 1.82) is 0 Å². The van der Waals surface area contributed by atoms with Crippen LogP contribution >= 0.6 is 0 Å². The van der Waals surface area contributed by atoms with Gasteiger partial charge < -0.3 is 14.8 Å². The second-order valence-corrected chi connectivity index (χ2v) is 5.13. The smallest absolute Gasteiger partial charge is 0.251 e. The monoisotopic (exact) mass is 299 g/mol. The molecule has 22 heavy (non-hydrogen) atoms. The minimum atomic E-state index is -0.130. The van der Waals surface area contributed by atoms with E-state index in [4.69, 9.17) is 9.47 Å². The van der Waals surface area contributed by atoms with E-state index < -0.39 is 0 Å². The van der Waals surface area contributed by atoms with E-state index in [1.807, 2.05) is 49.4 Å². The molecule has 4 nitrogen and oxygen atoms in total. The van der Waals surface area contributed by atoms with Crippen LogP contribution in [0, 0.1) is 0 Å². The van der Waals surface area contributed by atoms with E-state index in [0.29, 0.717) is 24.5 Å². The second-order valence-electron chi connectivity index (χ2n) is 5.13. The lowest BCUT2D eigenvalue weighted by molar-refractivity contribution is 0.0905. The Balaban J connectivity index is 1.96. The molecule has 4 heteroatoms. The van der Waals surface area contributed by atoms with E-state index in [9.17, 15) is 4.79 Å². The number of carbonyl (C=O) groups excluding carboxylic acids is 1. The maximum absolute atomic E-state index is 12.1. The number of methoxy groups -OCH3 is 1. The van der Waals surface area contributed by atoms with Crippen LogP contribution in [0.3, 0.4) is 0 Å². The van der Waals surface area contributed by atoms with Gasteiger partial charge in [-0.15, -0.1) is 0 Å². The molecule has 2 aromatic rings. The lowest BCUT2D eigenvalue weighted by Crippen LogP contribution is -2.35. The van der Waals surface area contributed by atoms with E-state index in [2.05, 4.69) is 5.32 Å². The van der Waals surface area contributed by atoms with Crippen molar-refractivity contribution in [3.05, 3.63) is 65.7 Å². The van der Waals surface area contributed by atoms with Crippen LogP contribution in [0.15, 0.2) is 54.6 Å². The fourth-order valence-corrected chi connectivity index (χ4v) is 2.07. The Hall–Kier alpha value is -2.33. The molecule has 116 valence electrons. The number of hydrogen-bond acceptors (Lipinski definition) is 3. The molecule has 0 aliphatic rings. The minimum Gasteiger partial charge on any atom is -0.489 e. The Morgan fingerprint density at radius 1 is 1.14 bits per heavy atom. The molecule has 0 fully saturated rings. The van der Waals surface area contributed by atoms with Crippen LogP contribution in [0.2, 0.25) is 0 Å². The summed E-state index contributed by atoms with van der Waals surface area (Å²) in [6.07, 6.45) is 0. The first-order chi connectivity index (χ1) is 10.7. The molecule has 0 radical (unpaired) electrons. The molecule has 0 saturated carbocycles. The van der Waals surface area contributed by atoms with Crippen LogP contribution in [0.5, 0.6) is 5.75 Å². The van der Waals surface area contributed by atoms with Crippen LogP contribution in [0.1, 0.15) is 22.8 Å². The molecule has 1 atom stereocenters. The quantitative estimate of drug-likeness (QED) is 0.855. The van der Waals surface area contributed by atoms with Gasteiger partial charge >= 0.3 is 0 Å². The molecule has 0 aliphatic carbocycles. The normalized spacial score (nSPS) is 11.7. The van der Waals surface area contributed by atoms with Crippen molar-refractivity contribution in [2.75, 3.05) is 13.7 Å². The fraction of sp³-hybridized carbons (Fsp3) is 0.278. The maximum Gasteiger partial charge on any atom is 0.251 e. The second kappa shape index (κ2) is 8.20. The predicted molar refractivity (Wildman–Crippen MR) is 86.0 cm³/mol. The average molecular weight is 299 g/mol. The molecule has 1 N–H and O–H groups in total. The molecule has 0 spiro atoms. The largest absolute Gasteiger partial charge is 0.489 e. The summed E-state index contributed by atoms with van der Waals surface area (Å²) < 4.78 is 10.7. The Morgan fingerprint density at radius 2 is 1.91 bits per heavy atom. The van der Waals surface area contributed by atoms with Gasteiger partial charge in [0.15, 0.2) is 0 Å². The molecule has 0 saturated heterocycles. The molecule has 2 aromatic carbocycles. The van der Waals surface area contributed by atoms with Crippen molar-refractivity contribution in [2.45, 2.75) is 19.6 Å². The number of carbonyl (C=O) groups is 1. The highest BCUT2D eigenvalue weighted by atomic mass is 16.5. The zero-order valence-electron chi connectivity index (χ0n) is 12.9. The van der Waals surface area contributed by atoms with Gasteiger partial charge in [0.25, 0.3) is 5.91 Å². The molecule has 0 aliphatic heterocycles. The summed E-state index contributed by atoms with van der Waals surface area (Å²) in [4.78, 5) is 12.1. The van der Waals surface area contributed by atoms with Crippen LogP contribution in [-0.2, 0) is 11.3 Å². The first-order valence-electron chi connectivity index (χ1n) is 7.25. The van der Waals surface area contributed by atoms with Crippen LogP contribution in [0.25, 0.3) is 0 Å². The van der Waals surface area contributed by atoms with Crippen molar-refractivity contribution in [1.82, 2.24) is 5.32 Å². The molecule has 2 rings (SSSR count). The highest BCUT2D eigenvalue weighted by Crippen LogP contribution is 2.15. The number of nitrogens with one attached hydrogen (secondary N) is 1. The van der Waals surface area contributed by atoms with Gasteiger partial charge in [0.1, 0.15) is 12.4 Å². The lowest BCUT2D eigenvalue weighted by Gasteiger charge is -2.13. The van der Waals surface area contributed by atoms with E-state index in [1.54, 1.807) is 19.2 Å². The van der Waals surface area contributed by atoms with Gasteiger partial charge in [0.2, 0.25) is 0 Å². The number of rotatable bonds is 7. The third kappa shape index (κ3) is 4.90. The SMILES string of the molecule is COCC(C)NC(=O)c1cccc(OCc2ccccc2)c1. The molecule has 0 bridgehead atoms. The first kappa shape index (κ1) is 16.0. The number of hydrogen-bond donors (Lipinski definition) is 1. The average Bonchev–Trinajstić information content (AvgIpc) is 2.54. The Morgan fingerprint density at radius 3 is 2.64 bits per heavy atom. The van der Waals surface area contributed by atoms with Crippen molar-refractivity contribution < 1.29 is 14.3 Å².